The van der Waals surface area contributed by atoms with E-state index in [0.717, 1.165) is 0 Å². The summed E-state index contributed by atoms with van der Waals surface area (Å²) in [6.07, 6.45) is 4.48. The molecule has 9 heteroatoms. The number of carbonyl (C=O) groups excluding carboxylic acids is 1. The van der Waals surface area contributed by atoms with Crippen LogP contribution in [0, 0.1) is 10.1 Å². The van der Waals surface area contributed by atoms with Gasteiger partial charge in [-0.25, -0.2) is 4.98 Å². The number of alkyl halides is 3. The third-order valence-electron chi connectivity index (χ3n) is 3.04. The SMILES string of the molecule is O=C(CC(n1ccnc1)C(Cl)(Cl)Cl)c1ccc([N+](=O)[O-])cc1. The fraction of sp³-hybridized carbons (Fsp3) is 0.231. The summed E-state index contributed by atoms with van der Waals surface area (Å²) in [4.78, 5) is 26.2. The summed E-state index contributed by atoms with van der Waals surface area (Å²) < 4.78 is -0.159. The normalized spacial score (nSPS) is 12.9. The fourth-order valence-electron chi connectivity index (χ4n) is 1.91. The monoisotopic (exact) mass is 361 g/mol. The van der Waals surface area contributed by atoms with E-state index in [9.17, 15) is 14.9 Å². The highest BCUT2D eigenvalue weighted by atomic mass is 35.6. The Hall–Kier alpha value is -1.63. The van der Waals surface area contributed by atoms with Gasteiger partial charge in [0.2, 0.25) is 3.79 Å². The van der Waals surface area contributed by atoms with Crippen molar-refractivity contribution in [3.63, 3.8) is 0 Å². The second-order valence-electron chi connectivity index (χ2n) is 4.50. The quantitative estimate of drug-likeness (QED) is 0.349. The Morgan fingerprint density at radius 2 is 1.95 bits per heavy atom. The maximum atomic E-state index is 12.3. The third kappa shape index (κ3) is 3.97. The van der Waals surface area contributed by atoms with Crippen LogP contribution < -0.4 is 0 Å². The van der Waals surface area contributed by atoms with Crippen molar-refractivity contribution in [2.45, 2.75) is 16.3 Å². The van der Waals surface area contributed by atoms with Gasteiger partial charge in [-0.1, -0.05) is 34.8 Å². The highest BCUT2D eigenvalue weighted by molar-refractivity contribution is 6.68. The number of Topliss-reactive ketones (excluding diaryl/α,β-unsaturated/α-hetero) is 1. The second kappa shape index (κ2) is 6.64. The highest BCUT2D eigenvalue weighted by Gasteiger charge is 2.35. The van der Waals surface area contributed by atoms with Crippen LogP contribution in [0.5, 0.6) is 0 Å². The van der Waals surface area contributed by atoms with Crippen LogP contribution in [0.1, 0.15) is 22.8 Å². The summed E-state index contributed by atoms with van der Waals surface area (Å²) in [5.74, 6) is -0.292. The van der Waals surface area contributed by atoms with Crippen molar-refractivity contribution >= 4 is 46.3 Å². The summed E-state index contributed by atoms with van der Waals surface area (Å²) >= 11 is 17.8. The molecule has 1 aromatic heterocycles. The number of aromatic nitrogens is 2. The average Bonchev–Trinajstić information content (AvgIpc) is 2.97. The van der Waals surface area contributed by atoms with Crippen LogP contribution in [0.15, 0.2) is 43.0 Å². The van der Waals surface area contributed by atoms with Crippen molar-refractivity contribution in [2.24, 2.45) is 0 Å². The molecule has 0 saturated carbocycles. The average molecular weight is 363 g/mol. The third-order valence-corrected chi connectivity index (χ3v) is 3.80. The number of carbonyl (C=O) groups is 1. The molecule has 0 amide bonds. The van der Waals surface area contributed by atoms with E-state index in [0.29, 0.717) is 5.56 Å². The van der Waals surface area contributed by atoms with Crippen LogP contribution in [0.25, 0.3) is 0 Å². The molecular weight excluding hydrogens is 353 g/mol. The van der Waals surface area contributed by atoms with Crippen molar-refractivity contribution in [2.75, 3.05) is 0 Å². The second-order valence-corrected chi connectivity index (χ2v) is 6.87. The summed E-state index contributed by atoms with van der Waals surface area (Å²) in [5, 5.41) is 10.6. The van der Waals surface area contributed by atoms with Crippen LogP contribution >= 0.6 is 34.8 Å². The predicted octanol–water partition coefficient (Wildman–Crippen LogP) is 3.98. The number of benzene rings is 1. The van der Waals surface area contributed by atoms with Gasteiger partial charge in [-0.3, -0.25) is 14.9 Å². The van der Waals surface area contributed by atoms with Gasteiger partial charge >= 0.3 is 0 Å². The van der Waals surface area contributed by atoms with Gasteiger partial charge in [0.1, 0.15) is 0 Å². The number of rotatable bonds is 5. The van der Waals surface area contributed by atoms with E-state index >= 15 is 0 Å². The molecule has 0 bridgehead atoms. The minimum Gasteiger partial charge on any atom is -0.330 e. The van der Waals surface area contributed by atoms with Gasteiger partial charge in [0.15, 0.2) is 5.78 Å². The molecule has 22 heavy (non-hydrogen) atoms. The molecule has 0 fully saturated rings. The first-order chi connectivity index (χ1) is 10.3. The standard InChI is InChI=1S/C13H10Cl3N3O3/c14-13(15,16)12(18-6-5-17-8-18)7-11(20)9-1-3-10(4-2-9)19(21)22/h1-6,8,12H,7H2. The maximum absolute atomic E-state index is 12.3. The Morgan fingerprint density at radius 1 is 1.32 bits per heavy atom. The predicted molar refractivity (Wildman–Crippen MR) is 83.6 cm³/mol. The van der Waals surface area contributed by atoms with Gasteiger partial charge in [0.05, 0.1) is 17.3 Å². The van der Waals surface area contributed by atoms with E-state index in [-0.39, 0.29) is 17.9 Å². The first kappa shape index (κ1) is 16.7. The van der Waals surface area contributed by atoms with E-state index < -0.39 is 14.8 Å². The fourth-order valence-corrected chi connectivity index (χ4v) is 2.48. The highest BCUT2D eigenvalue weighted by Crippen LogP contribution is 2.40. The maximum Gasteiger partial charge on any atom is 0.269 e. The lowest BCUT2D eigenvalue weighted by Gasteiger charge is -2.25. The molecule has 0 spiro atoms. The van der Waals surface area contributed by atoms with Crippen molar-refractivity contribution in [1.82, 2.24) is 9.55 Å². The van der Waals surface area contributed by atoms with E-state index in [1.54, 1.807) is 6.20 Å². The van der Waals surface area contributed by atoms with E-state index in [4.69, 9.17) is 34.8 Å². The molecule has 0 aliphatic heterocycles. The van der Waals surface area contributed by atoms with Crippen LogP contribution in [0.4, 0.5) is 5.69 Å². The lowest BCUT2D eigenvalue weighted by molar-refractivity contribution is -0.384. The van der Waals surface area contributed by atoms with Crippen molar-refractivity contribution < 1.29 is 9.72 Å². The molecule has 0 aliphatic rings. The molecule has 1 unspecified atom stereocenters. The van der Waals surface area contributed by atoms with Crippen LogP contribution in [0.2, 0.25) is 0 Å². The number of halogens is 3. The van der Waals surface area contributed by atoms with Gasteiger partial charge in [-0.15, -0.1) is 0 Å². The van der Waals surface area contributed by atoms with E-state index in [1.165, 1.54) is 41.4 Å². The van der Waals surface area contributed by atoms with E-state index in [2.05, 4.69) is 4.98 Å². The van der Waals surface area contributed by atoms with Crippen molar-refractivity contribution in [3.05, 3.63) is 58.7 Å². The summed E-state index contributed by atoms with van der Waals surface area (Å²) in [7, 11) is 0. The topological polar surface area (TPSA) is 78.0 Å². The zero-order valence-electron chi connectivity index (χ0n) is 11.0. The van der Waals surface area contributed by atoms with Crippen molar-refractivity contribution in [3.8, 4) is 0 Å². The van der Waals surface area contributed by atoms with Gasteiger partial charge < -0.3 is 4.57 Å². The summed E-state index contributed by atoms with van der Waals surface area (Å²) in [5.41, 5.74) is 0.217. The van der Waals surface area contributed by atoms with Crippen LogP contribution in [-0.4, -0.2) is 24.1 Å². The number of nitrogens with zero attached hydrogens (tertiary/aromatic N) is 3. The van der Waals surface area contributed by atoms with Crippen molar-refractivity contribution in [1.29, 1.82) is 0 Å². The molecule has 2 aromatic rings. The smallest absolute Gasteiger partial charge is 0.269 e. The van der Waals surface area contributed by atoms with Crippen LogP contribution in [0.3, 0.4) is 0 Å². The Kier molecular flexibility index (Phi) is 5.05. The number of nitro benzene ring substituents is 1. The number of hydrogen-bond donors (Lipinski definition) is 0. The molecule has 0 N–H and O–H groups in total. The number of nitro groups is 1. The molecular formula is C13H10Cl3N3O3. The first-order valence-electron chi connectivity index (χ1n) is 6.11. The molecule has 0 aliphatic carbocycles. The first-order valence-corrected chi connectivity index (χ1v) is 7.24. The number of non-ortho nitro benzene ring substituents is 1. The minimum absolute atomic E-state index is 0.0787. The summed E-state index contributed by atoms with van der Waals surface area (Å²) in [6.45, 7) is 0. The Balaban J connectivity index is 2.20. The molecule has 0 saturated heterocycles. The molecule has 6 nitrogen and oxygen atoms in total. The van der Waals surface area contributed by atoms with Gasteiger partial charge in [0, 0.05) is 36.5 Å². The molecule has 0 radical (unpaired) electrons. The molecule has 1 atom stereocenters. The number of imidazole rings is 1. The molecule has 1 aromatic carbocycles. The Morgan fingerprint density at radius 3 is 2.41 bits per heavy atom. The zero-order valence-corrected chi connectivity index (χ0v) is 13.3. The lowest BCUT2D eigenvalue weighted by Crippen LogP contribution is -2.25. The Labute approximate surface area is 140 Å². The molecule has 116 valence electrons. The van der Waals surface area contributed by atoms with Gasteiger partial charge in [-0.2, -0.15) is 0 Å². The largest absolute Gasteiger partial charge is 0.330 e. The van der Waals surface area contributed by atoms with E-state index in [1.807, 2.05) is 0 Å². The Bertz CT molecular complexity index is 666. The van der Waals surface area contributed by atoms with Gasteiger partial charge in [0.25, 0.3) is 5.69 Å². The minimum atomic E-state index is -1.70. The number of ketones is 1. The van der Waals surface area contributed by atoms with Crippen LogP contribution in [-0.2, 0) is 0 Å². The molecule has 1 heterocycles. The summed E-state index contributed by atoms with van der Waals surface area (Å²) in [6, 6.07) is 4.54. The number of hydrogen-bond acceptors (Lipinski definition) is 4. The molecule has 2 rings (SSSR count). The lowest BCUT2D eigenvalue weighted by atomic mass is 10.0. The van der Waals surface area contributed by atoms with Gasteiger partial charge in [-0.05, 0) is 12.1 Å². The zero-order chi connectivity index (χ0) is 16.3.